The first-order valence-electron chi connectivity index (χ1n) is 4.28. The Hall–Kier alpha value is -1.44. The quantitative estimate of drug-likeness (QED) is 0.616. The molecule has 1 aromatic heterocycles. The first-order chi connectivity index (χ1) is 6.51. The third-order valence-corrected chi connectivity index (χ3v) is 1.40. The summed E-state index contributed by atoms with van der Waals surface area (Å²) >= 11 is 0. The van der Waals surface area contributed by atoms with E-state index in [-0.39, 0.29) is 0 Å². The smallest absolute Gasteiger partial charge is 0.141 e. The van der Waals surface area contributed by atoms with Crippen molar-refractivity contribution in [1.29, 1.82) is 0 Å². The van der Waals surface area contributed by atoms with E-state index in [9.17, 15) is 5.11 Å². The second kappa shape index (κ2) is 4.18. The monoisotopic (exact) mass is 191 g/mol. The zero-order valence-corrected chi connectivity index (χ0v) is 8.28. The second-order valence-electron chi connectivity index (χ2n) is 3.40. The first kappa shape index (κ1) is 10.6. The van der Waals surface area contributed by atoms with Crippen LogP contribution in [-0.4, -0.2) is 20.7 Å². The van der Waals surface area contributed by atoms with Gasteiger partial charge in [0.25, 0.3) is 0 Å². The molecule has 0 saturated heterocycles. The number of hydrogen-bond acceptors (Lipinski definition) is 4. The lowest BCUT2D eigenvalue weighted by atomic mass is 10.1. The molecule has 4 nitrogen and oxygen atoms in total. The van der Waals surface area contributed by atoms with Gasteiger partial charge in [-0.2, -0.15) is 0 Å². The molecular formula is C10H13N3O. The molecule has 4 heteroatoms. The lowest BCUT2D eigenvalue weighted by Crippen LogP contribution is -2.14. The maximum absolute atomic E-state index is 9.35. The molecule has 0 spiro atoms. The summed E-state index contributed by atoms with van der Waals surface area (Å²) in [7, 11) is 0. The lowest BCUT2D eigenvalue weighted by Gasteiger charge is -2.05. The van der Waals surface area contributed by atoms with E-state index in [0.29, 0.717) is 17.9 Å². The number of aromatic nitrogens is 2. The van der Waals surface area contributed by atoms with Gasteiger partial charge < -0.3 is 10.8 Å². The van der Waals surface area contributed by atoms with Crippen LogP contribution < -0.4 is 5.73 Å². The zero-order valence-electron chi connectivity index (χ0n) is 8.28. The minimum Gasteiger partial charge on any atom is -0.378 e. The van der Waals surface area contributed by atoms with Gasteiger partial charge in [-0.1, -0.05) is 11.8 Å². The topological polar surface area (TPSA) is 72.0 Å². The van der Waals surface area contributed by atoms with Gasteiger partial charge in [-0.15, -0.1) is 0 Å². The van der Waals surface area contributed by atoms with E-state index in [1.807, 2.05) is 0 Å². The Balaban J connectivity index is 2.82. The second-order valence-corrected chi connectivity index (χ2v) is 3.40. The van der Waals surface area contributed by atoms with Crippen molar-refractivity contribution >= 4 is 0 Å². The Morgan fingerprint density at radius 2 is 2.00 bits per heavy atom. The van der Waals surface area contributed by atoms with Crippen LogP contribution in [0.2, 0.25) is 0 Å². The van der Waals surface area contributed by atoms with Crippen molar-refractivity contribution in [3.63, 3.8) is 0 Å². The van der Waals surface area contributed by atoms with Crippen molar-refractivity contribution in [3.8, 4) is 11.8 Å². The third kappa shape index (κ3) is 3.52. The summed E-state index contributed by atoms with van der Waals surface area (Å²) < 4.78 is 0. The van der Waals surface area contributed by atoms with Crippen LogP contribution in [0.3, 0.4) is 0 Å². The van der Waals surface area contributed by atoms with Gasteiger partial charge in [-0.3, -0.25) is 0 Å². The molecule has 0 fully saturated rings. The van der Waals surface area contributed by atoms with E-state index in [1.54, 1.807) is 26.2 Å². The molecule has 0 aliphatic heterocycles. The molecule has 0 aromatic carbocycles. The van der Waals surface area contributed by atoms with Crippen LogP contribution in [0.4, 0.5) is 0 Å². The fourth-order valence-corrected chi connectivity index (χ4v) is 0.750. The first-order valence-corrected chi connectivity index (χ1v) is 4.28. The van der Waals surface area contributed by atoms with Crippen LogP contribution in [0, 0.1) is 11.8 Å². The van der Waals surface area contributed by atoms with Gasteiger partial charge in [0.1, 0.15) is 11.4 Å². The van der Waals surface area contributed by atoms with Crippen LogP contribution in [-0.2, 0) is 6.54 Å². The van der Waals surface area contributed by atoms with Gasteiger partial charge in [0, 0.05) is 12.4 Å². The van der Waals surface area contributed by atoms with E-state index in [2.05, 4.69) is 21.8 Å². The van der Waals surface area contributed by atoms with Crippen LogP contribution in [0.25, 0.3) is 0 Å². The Bertz CT molecular complexity index is 354. The molecule has 0 bridgehead atoms. The van der Waals surface area contributed by atoms with Crippen molar-refractivity contribution in [2.24, 2.45) is 5.73 Å². The standard InChI is InChI=1S/C10H13N3O/c1-10(2,14)4-3-8-6-12-9(5-11)13-7-8/h6-7,14H,5,11H2,1-2H3. The number of hydrogen-bond donors (Lipinski definition) is 2. The highest BCUT2D eigenvalue weighted by molar-refractivity contribution is 5.31. The summed E-state index contributed by atoms with van der Waals surface area (Å²) in [6.45, 7) is 3.56. The van der Waals surface area contributed by atoms with Gasteiger partial charge in [-0.25, -0.2) is 9.97 Å². The van der Waals surface area contributed by atoms with Crippen LogP contribution in [0.1, 0.15) is 25.2 Å². The molecule has 0 atom stereocenters. The molecule has 0 aliphatic rings. The van der Waals surface area contributed by atoms with Crippen molar-refractivity contribution < 1.29 is 5.11 Å². The summed E-state index contributed by atoms with van der Waals surface area (Å²) in [4.78, 5) is 7.96. The minimum atomic E-state index is -0.994. The number of nitrogens with zero attached hydrogens (tertiary/aromatic N) is 2. The number of nitrogens with two attached hydrogens (primary N) is 1. The van der Waals surface area contributed by atoms with Crippen LogP contribution in [0.5, 0.6) is 0 Å². The van der Waals surface area contributed by atoms with Crippen molar-refractivity contribution in [2.45, 2.75) is 26.0 Å². The molecular weight excluding hydrogens is 178 g/mol. The highest BCUT2D eigenvalue weighted by atomic mass is 16.3. The van der Waals surface area contributed by atoms with E-state index in [1.165, 1.54) is 0 Å². The highest BCUT2D eigenvalue weighted by Gasteiger charge is 2.05. The van der Waals surface area contributed by atoms with Gasteiger partial charge in [0.2, 0.25) is 0 Å². The Kier molecular flexibility index (Phi) is 3.18. The fourth-order valence-electron chi connectivity index (χ4n) is 0.750. The summed E-state index contributed by atoms with van der Waals surface area (Å²) in [5.74, 6) is 6.02. The molecule has 0 aliphatic carbocycles. The van der Waals surface area contributed by atoms with Crippen molar-refractivity contribution in [3.05, 3.63) is 23.8 Å². The highest BCUT2D eigenvalue weighted by Crippen LogP contribution is 1.99. The Labute approximate surface area is 83.2 Å². The van der Waals surface area contributed by atoms with Crippen LogP contribution >= 0.6 is 0 Å². The van der Waals surface area contributed by atoms with Crippen LogP contribution in [0.15, 0.2) is 12.4 Å². The molecule has 3 N–H and O–H groups in total. The molecule has 0 saturated carbocycles. The zero-order chi connectivity index (χ0) is 10.6. The minimum absolute atomic E-state index is 0.319. The molecule has 14 heavy (non-hydrogen) atoms. The SMILES string of the molecule is CC(C)(O)C#Cc1cnc(CN)nc1. The van der Waals surface area contributed by atoms with Gasteiger partial charge >= 0.3 is 0 Å². The lowest BCUT2D eigenvalue weighted by molar-refractivity contribution is 0.143. The van der Waals surface area contributed by atoms with Crippen molar-refractivity contribution in [2.75, 3.05) is 0 Å². The summed E-state index contributed by atoms with van der Waals surface area (Å²) in [6, 6.07) is 0. The maximum atomic E-state index is 9.35. The van der Waals surface area contributed by atoms with E-state index >= 15 is 0 Å². The third-order valence-electron chi connectivity index (χ3n) is 1.40. The summed E-state index contributed by atoms with van der Waals surface area (Å²) in [5.41, 5.74) is 5.02. The molecule has 1 aromatic rings. The van der Waals surface area contributed by atoms with Gasteiger partial charge in [0.15, 0.2) is 0 Å². The predicted octanol–water partition coefficient (Wildman–Crippen LogP) is 0.0577. The van der Waals surface area contributed by atoms with Crippen molar-refractivity contribution in [1.82, 2.24) is 9.97 Å². The summed E-state index contributed by atoms with van der Waals surface area (Å²) in [5, 5.41) is 9.35. The predicted molar refractivity (Wildman–Crippen MR) is 53.1 cm³/mol. The molecule has 0 amide bonds. The Morgan fingerprint density at radius 3 is 2.43 bits per heavy atom. The van der Waals surface area contributed by atoms with Gasteiger partial charge in [-0.05, 0) is 13.8 Å². The fraction of sp³-hybridized carbons (Fsp3) is 0.400. The van der Waals surface area contributed by atoms with Gasteiger partial charge in [0.05, 0.1) is 12.1 Å². The molecule has 74 valence electrons. The molecule has 0 radical (unpaired) electrons. The number of rotatable bonds is 1. The molecule has 1 heterocycles. The van der Waals surface area contributed by atoms with E-state index in [4.69, 9.17) is 5.73 Å². The molecule has 1 rings (SSSR count). The Morgan fingerprint density at radius 1 is 1.43 bits per heavy atom. The average molecular weight is 191 g/mol. The van der Waals surface area contributed by atoms with E-state index < -0.39 is 5.60 Å². The summed E-state index contributed by atoms with van der Waals surface area (Å²) in [6.07, 6.45) is 3.18. The normalized spacial score (nSPS) is 10.6. The molecule has 0 unspecified atom stereocenters. The van der Waals surface area contributed by atoms with E-state index in [0.717, 1.165) is 0 Å². The average Bonchev–Trinajstić information content (AvgIpc) is 2.14. The maximum Gasteiger partial charge on any atom is 0.141 e. The largest absolute Gasteiger partial charge is 0.378 e. The number of aliphatic hydroxyl groups is 1.